The van der Waals surface area contributed by atoms with E-state index in [1.807, 2.05) is 0 Å². The molecule has 1 aromatic rings. The first-order chi connectivity index (χ1) is 8.37. The van der Waals surface area contributed by atoms with Crippen LogP contribution in [0.5, 0.6) is 0 Å². The molecule has 1 atom stereocenters. The van der Waals surface area contributed by atoms with E-state index in [2.05, 4.69) is 0 Å². The molecule has 1 rings (SSSR count). The minimum Gasteiger partial charge on any atom is -0.395 e. The van der Waals surface area contributed by atoms with Gasteiger partial charge in [-0.05, 0) is 12.1 Å². The highest BCUT2D eigenvalue weighted by atomic mass is 35.5. The van der Waals surface area contributed by atoms with Crippen molar-refractivity contribution in [1.82, 2.24) is 4.90 Å². The second-order valence-corrected chi connectivity index (χ2v) is 5.45. The second kappa shape index (κ2) is 6.72. The number of alkyl halides is 3. The van der Waals surface area contributed by atoms with E-state index in [0.717, 1.165) is 4.90 Å². The van der Waals surface area contributed by atoms with Crippen LogP contribution in [0.2, 0.25) is 4.34 Å². The van der Waals surface area contributed by atoms with Crippen LogP contribution < -0.4 is 5.73 Å². The minimum absolute atomic E-state index is 0.0346. The van der Waals surface area contributed by atoms with Crippen LogP contribution in [-0.2, 0) is 0 Å². The van der Waals surface area contributed by atoms with E-state index in [1.54, 1.807) is 12.1 Å². The van der Waals surface area contributed by atoms with Gasteiger partial charge in [0.15, 0.2) is 0 Å². The van der Waals surface area contributed by atoms with E-state index in [9.17, 15) is 13.2 Å². The number of thiophene rings is 1. The fourth-order valence-electron chi connectivity index (χ4n) is 1.66. The number of aliphatic hydroxyl groups is 1. The summed E-state index contributed by atoms with van der Waals surface area (Å²) in [5, 5.41) is 8.86. The molecule has 18 heavy (non-hydrogen) atoms. The molecule has 0 saturated carbocycles. The van der Waals surface area contributed by atoms with Gasteiger partial charge in [0.25, 0.3) is 0 Å². The lowest BCUT2D eigenvalue weighted by atomic mass is 10.2. The van der Waals surface area contributed by atoms with Crippen LogP contribution in [0.25, 0.3) is 0 Å². The molecule has 0 aliphatic rings. The molecule has 0 bridgehead atoms. The molecule has 0 spiro atoms. The van der Waals surface area contributed by atoms with Crippen LogP contribution in [0, 0.1) is 0 Å². The number of halogens is 4. The third-order valence-corrected chi connectivity index (χ3v) is 3.69. The fraction of sp³-hybridized carbons (Fsp3) is 0.600. The first-order valence-electron chi connectivity index (χ1n) is 5.24. The molecule has 1 unspecified atom stereocenters. The number of hydrogen-bond acceptors (Lipinski definition) is 4. The topological polar surface area (TPSA) is 49.5 Å². The standard InChI is InChI=1S/C10H14ClF3N2OS/c11-9-2-1-8(18-9)7(5-15)16(3-4-17)6-10(12,13)14/h1-2,7,17H,3-6,15H2. The number of aliphatic hydroxyl groups excluding tert-OH is 1. The van der Waals surface area contributed by atoms with Crippen molar-refractivity contribution in [1.29, 1.82) is 0 Å². The number of nitrogens with two attached hydrogens (primary N) is 1. The predicted molar refractivity (Wildman–Crippen MR) is 65.8 cm³/mol. The van der Waals surface area contributed by atoms with Gasteiger partial charge in [0.2, 0.25) is 0 Å². The van der Waals surface area contributed by atoms with E-state index >= 15 is 0 Å². The maximum absolute atomic E-state index is 12.5. The summed E-state index contributed by atoms with van der Waals surface area (Å²) < 4.78 is 37.9. The molecule has 8 heteroatoms. The van der Waals surface area contributed by atoms with Gasteiger partial charge in [0, 0.05) is 18.0 Å². The van der Waals surface area contributed by atoms with Gasteiger partial charge in [0.05, 0.1) is 23.5 Å². The fourth-order valence-corrected chi connectivity index (χ4v) is 2.87. The molecule has 104 valence electrons. The summed E-state index contributed by atoms with van der Waals surface area (Å²) in [6.45, 7) is -1.51. The highest BCUT2D eigenvalue weighted by Crippen LogP contribution is 2.31. The zero-order chi connectivity index (χ0) is 13.8. The lowest BCUT2D eigenvalue weighted by Crippen LogP contribution is -2.41. The largest absolute Gasteiger partial charge is 0.401 e. The van der Waals surface area contributed by atoms with Gasteiger partial charge in [-0.15, -0.1) is 11.3 Å². The van der Waals surface area contributed by atoms with Crippen LogP contribution in [0.3, 0.4) is 0 Å². The van der Waals surface area contributed by atoms with Crippen molar-refractivity contribution in [2.75, 3.05) is 26.2 Å². The number of nitrogens with zero attached hydrogens (tertiary/aromatic N) is 1. The Bertz CT molecular complexity index is 372. The molecule has 0 aliphatic carbocycles. The predicted octanol–water partition coefficient (Wildman–Crippen LogP) is 2.26. The van der Waals surface area contributed by atoms with Crippen LogP contribution in [0.15, 0.2) is 12.1 Å². The Morgan fingerprint density at radius 3 is 2.50 bits per heavy atom. The van der Waals surface area contributed by atoms with Crippen molar-refractivity contribution in [2.24, 2.45) is 5.73 Å². The number of rotatable bonds is 6. The van der Waals surface area contributed by atoms with Crippen LogP contribution in [0.4, 0.5) is 13.2 Å². The van der Waals surface area contributed by atoms with Gasteiger partial charge in [-0.1, -0.05) is 11.6 Å². The molecular formula is C10H14ClF3N2OS. The van der Waals surface area contributed by atoms with Gasteiger partial charge in [-0.3, -0.25) is 4.90 Å². The lowest BCUT2D eigenvalue weighted by molar-refractivity contribution is -0.151. The maximum atomic E-state index is 12.5. The Balaban J connectivity index is 2.86. The first kappa shape index (κ1) is 15.7. The zero-order valence-corrected chi connectivity index (χ0v) is 11.0. The van der Waals surface area contributed by atoms with Gasteiger partial charge in [0.1, 0.15) is 0 Å². The molecule has 1 heterocycles. The van der Waals surface area contributed by atoms with E-state index < -0.39 is 18.8 Å². The third-order valence-electron chi connectivity index (χ3n) is 2.36. The van der Waals surface area contributed by atoms with Crippen LogP contribution >= 0.6 is 22.9 Å². The highest BCUT2D eigenvalue weighted by molar-refractivity contribution is 7.16. The van der Waals surface area contributed by atoms with Crippen molar-refractivity contribution >= 4 is 22.9 Å². The molecule has 0 saturated heterocycles. The molecule has 0 radical (unpaired) electrons. The number of hydrogen-bond donors (Lipinski definition) is 2. The van der Waals surface area contributed by atoms with Gasteiger partial charge >= 0.3 is 6.18 Å². The van der Waals surface area contributed by atoms with Crippen molar-refractivity contribution in [2.45, 2.75) is 12.2 Å². The summed E-state index contributed by atoms with van der Waals surface area (Å²) in [6.07, 6.45) is -4.33. The quantitative estimate of drug-likeness (QED) is 0.847. The summed E-state index contributed by atoms with van der Waals surface area (Å²) in [5.74, 6) is 0. The van der Waals surface area contributed by atoms with Crippen molar-refractivity contribution < 1.29 is 18.3 Å². The first-order valence-corrected chi connectivity index (χ1v) is 6.43. The average molecular weight is 303 g/mol. The van der Waals surface area contributed by atoms with Crippen molar-refractivity contribution in [3.63, 3.8) is 0 Å². The molecule has 0 amide bonds. The summed E-state index contributed by atoms with van der Waals surface area (Å²) in [4.78, 5) is 1.78. The summed E-state index contributed by atoms with van der Waals surface area (Å²) in [5.41, 5.74) is 5.54. The van der Waals surface area contributed by atoms with Gasteiger partial charge in [-0.2, -0.15) is 13.2 Å². The summed E-state index contributed by atoms with van der Waals surface area (Å²) in [7, 11) is 0. The molecule has 0 aliphatic heterocycles. The monoisotopic (exact) mass is 302 g/mol. The Labute approximate surface area is 112 Å². The lowest BCUT2D eigenvalue weighted by Gasteiger charge is -2.30. The van der Waals surface area contributed by atoms with E-state index in [4.69, 9.17) is 22.4 Å². The van der Waals surface area contributed by atoms with E-state index in [1.165, 1.54) is 11.3 Å². The molecule has 0 aromatic carbocycles. The third kappa shape index (κ3) is 4.74. The van der Waals surface area contributed by atoms with Crippen molar-refractivity contribution in [3.8, 4) is 0 Å². The van der Waals surface area contributed by atoms with Crippen LogP contribution in [-0.4, -0.2) is 42.4 Å². The molecule has 0 fully saturated rings. The highest BCUT2D eigenvalue weighted by Gasteiger charge is 2.34. The second-order valence-electron chi connectivity index (χ2n) is 3.70. The normalized spacial score (nSPS) is 14.2. The Kier molecular flexibility index (Phi) is 5.87. The zero-order valence-electron chi connectivity index (χ0n) is 9.45. The molecule has 1 aromatic heterocycles. The Morgan fingerprint density at radius 2 is 2.11 bits per heavy atom. The average Bonchev–Trinajstić information content (AvgIpc) is 2.64. The van der Waals surface area contributed by atoms with E-state index in [-0.39, 0.29) is 19.7 Å². The SMILES string of the molecule is NCC(c1ccc(Cl)s1)N(CCO)CC(F)(F)F. The Hall–Kier alpha value is -0.340. The Morgan fingerprint density at radius 1 is 1.44 bits per heavy atom. The van der Waals surface area contributed by atoms with Gasteiger partial charge in [-0.25, -0.2) is 0 Å². The van der Waals surface area contributed by atoms with Gasteiger partial charge < -0.3 is 10.8 Å². The molecular weight excluding hydrogens is 289 g/mol. The smallest absolute Gasteiger partial charge is 0.395 e. The minimum atomic E-state index is -4.33. The van der Waals surface area contributed by atoms with E-state index in [0.29, 0.717) is 9.21 Å². The summed E-state index contributed by atoms with van der Waals surface area (Å²) in [6, 6.07) is 2.69. The summed E-state index contributed by atoms with van der Waals surface area (Å²) >= 11 is 6.96. The maximum Gasteiger partial charge on any atom is 0.401 e. The van der Waals surface area contributed by atoms with Crippen molar-refractivity contribution in [3.05, 3.63) is 21.3 Å². The molecule has 3 nitrogen and oxygen atoms in total. The van der Waals surface area contributed by atoms with Crippen LogP contribution in [0.1, 0.15) is 10.9 Å². The molecule has 3 N–H and O–H groups in total.